The Balaban J connectivity index is -0.00000000445. The summed E-state index contributed by atoms with van der Waals surface area (Å²) in [6, 6.07) is 0. The molecule has 0 aromatic rings. The molecule has 0 amide bonds. The maximum absolute atomic E-state index is 6.99. The molecule has 1 unspecified atom stereocenters. The van der Waals surface area contributed by atoms with Gasteiger partial charge in [-0.05, 0) is 0 Å². The molecule has 2 nitrogen and oxygen atoms in total. The van der Waals surface area contributed by atoms with Gasteiger partial charge in [-0.3, -0.25) is 6.54 Å². The average molecular weight is 1090 g/mol. The van der Waals surface area contributed by atoms with Gasteiger partial charge in [-0.2, -0.15) is 6.42 Å². The summed E-state index contributed by atoms with van der Waals surface area (Å²) in [7, 11) is 0. The fourth-order valence-corrected chi connectivity index (χ4v) is 0.362. The van der Waals surface area contributed by atoms with Gasteiger partial charge in [0.2, 0.25) is 0 Å². The molecule has 0 aliphatic heterocycles. The minimum atomic E-state index is -0.179. The zero-order valence-electron chi connectivity index (χ0n) is 11.6. The van der Waals surface area contributed by atoms with Gasteiger partial charge in [-0.15, -0.1) is 6.17 Å². The van der Waals surface area contributed by atoms with Crippen molar-refractivity contribution in [2.75, 3.05) is 0 Å². The van der Waals surface area contributed by atoms with Crippen LogP contribution in [-0.4, -0.2) is 6.17 Å². The first-order valence-corrected chi connectivity index (χ1v) is 2.85. The predicted molar refractivity (Wildman–Crippen MR) is 35.8 cm³/mol. The van der Waals surface area contributed by atoms with E-state index in [1.807, 2.05) is 6.54 Å². The number of hydrogen-bond acceptors (Lipinski definition) is 1. The van der Waals surface area contributed by atoms with Crippen molar-refractivity contribution in [2.24, 2.45) is 0 Å². The van der Waals surface area contributed by atoms with Crippen LogP contribution >= 0.6 is 0 Å². The standard InChI is InChI=1S/C6H13N2.11Y/c1-3-4-5-8-6(2)7;;;;;;;;;;;/h5-8H,1,3-4H2,2H3;;;;;;;;;;;/q-3;;;;;;;;;;;+3. The van der Waals surface area contributed by atoms with Gasteiger partial charge in [-0.25, -0.2) is 6.42 Å². The van der Waals surface area contributed by atoms with Crippen LogP contribution in [0.1, 0.15) is 19.8 Å². The van der Waals surface area contributed by atoms with E-state index in [0.29, 0.717) is 0 Å². The smallest absolute Gasteiger partial charge is 0.665 e. The van der Waals surface area contributed by atoms with Crippen molar-refractivity contribution in [3.05, 3.63) is 19.2 Å². The zero-order chi connectivity index (χ0) is 6.41. The molecule has 0 aliphatic rings. The summed E-state index contributed by atoms with van der Waals surface area (Å²) in [5, 5.41) is 2.85. The summed E-state index contributed by atoms with van der Waals surface area (Å²) in [4.78, 5) is 0. The summed E-state index contributed by atoms with van der Waals surface area (Å²) in [5.41, 5.74) is 6.99. The van der Waals surface area contributed by atoms with Gasteiger partial charge in [0.25, 0.3) is 0 Å². The van der Waals surface area contributed by atoms with Gasteiger partial charge < -0.3 is 18.0 Å². The summed E-state index contributed by atoms with van der Waals surface area (Å²) in [6.07, 6.45) is 1.67. The Hall–Kier alpha value is 12.1. The Morgan fingerprint density at radius 3 is 1.32 bits per heavy atom. The Labute approximate surface area is 397 Å². The first kappa shape index (κ1) is 77.3. The second kappa shape index (κ2) is 69.9. The van der Waals surface area contributed by atoms with Gasteiger partial charge in [0.15, 0.2) is 0 Å². The molecule has 0 rings (SSSR count). The first-order valence-electron chi connectivity index (χ1n) is 2.85. The van der Waals surface area contributed by atoms with Crippen LogP contribution in [-0.2, 0) is 360 Å². The molecule has 0 aromatic carbocycles. The monoisotopic (exact) mass is 1090 g/mol. The number of rotatable bonds is 4. The fourth-order valence-electron chi connectivity index (χ4n) is 0.362. The van der Waals surface area contributed by atoms with E-state index in [4.69, 9.17) is 5.73 Å². The molecule has 0 fully saturated rings. The molecule has 0 saturated heterocycles. The van der Waals surface area contributed by atoms with Crippen LogP contribution in [0.5, 0.6) is 0 Å². The molecule has 1 atom stereocenters. The topological polar surface area (TPSA) is 35.8 Å². The van der Waals surface area contributed by atoms with E-state index in [9.17, 15) is 0 Å². The zero-order valence-corrected chi connectivity index (χ0v) is 42.8. The van der Waals surface area contributed by atoms with E-state index in [0.717, 1.165) is 12.8 Å². The number of hydrogen-bond donors (Lipinski definition) is 1. The van der Waals surface area contributed by atoms with E-state index >= 15 is 0 Å². The van der Waals surface area contributed by atoms with E-state index < -0.39 is 0 Å². The molecule has 80 valence electrons. The van der Waals surface area contributed by atoms with Crippen molar-refractivity contribution in [3.8, 4) is 0 Å². The summed E-state index contributed by atoms with van der Waals surface area (Å²) < 4.78 is 0. The molecular formula is C6H13N2Y11. The van der Waals surface area contributed by atoms with Crippen LogP contribution in [0.4, 0.5) is 0 Å². The maximum Gasteiger partial charge on any atom is 3.00 e. The van der Waals surface area contributed by atoms with Crippen LogP contribution in [0.25, 0.3) is 5.73 Å². The second-order valence-electron chi connectivity index (χ2n) is 1.73. The molecule has 0 aromatic heterocycles. The summed E-state index contributed by atoms with van der Waals surface area (Å²) >= 11 is 0. The molecule has 13 heteroatoms. The fraction of sp³-hybridized carbons (Fsp3) is 0.667. The molecule has 2 N–H and O–H groups in total. The van der Waals surface area contributed by atoms with E-state index in [1.165, 1.54) is 0 Å². The molecule has 0 spiro atoms. The van der Waals surface area contributed by atoms with E-state index in [1.54, 1.807) is 6.92 Å². The SMILES string of the molecule is [CH2-]CC[CH-]NC(C)[NH-].[Y+3].[Y].[Y].[Y].[Y].[Y].[Y].[Y].[Y].[Y].[Y]. The molecule has 0 heterocycles. The minimum Gasteiger partial charge on any atom is -0.665 e. The molecule has 0 aliphatic carbocycles. The van der Waals surface area contributed by atoms with Gasteiger partial charge >= 0.3 is 32.7 Å². The Bertz CT molecular complexity index is 62.5. The van der Waals surface area contributed by atoms with Gasteiger partial charge in [0.05, 0.1) is 0 Å². The molecule has 0 bridgehead atoms. The van der Waals surface area contributed by atoms with Crippen molar-refractivity contribution in [1.29, 1.82) is 0 Å². The van der Waals surface area contributed by atoms with Crippen molar-refractivity contribution in [1.82, 2.24) is 5.32 Å². The maximum atomic E-state index is 6.99. The van der Waals surface area contributed by atoms with Gasteiger partial charge in [-0.1, -0.05) is 6.92 Å². The van der Waals surface area contributed by atoms with Crippen molar-refractivity contribution in [3.63, 3.8) is 0 Å². The average Bonchev–Trinajstić information content (AvgIpc) is 1.66. The van der Waals surface area contributed by atoms with Crippen molar-refractivity contribution in [2.45, 2.75) is 25.9 Å². The van der Waals surface area contributed by atoms with Gasteiger partial charge in [0.1, 0.15) is 0 Å². The third-order valence-corrected chi connectivity index (χ3v) is 0.716. The number of unbranched alkanes of at least 4 members (excludes halogenated alkanes) is 1. The van der Waals surface area contributed by atoms with Crippen LogP contribution in [0.2, 0.25) is 0 Å². The third-order valence-electron chi connectivity index (χ3n) is 0.716. The molecule has 0 saturated carbocycles. The Morgan fingerprint density at radius 2 is 1.16 bits per heavy atom. The van der Waals surface area contributed by atoms with E-state index in [-0.39, 0.29) is 366 Å². The van der Waals surface area contributed by atoms with Crippen LogP contribution in [0.15, 0.2) is 0 Å². The molecular weight excluding hydrogens is 1080 g/mol. The predicted octanol–water partition coefficient (Wildman–Crippen LogP) is 1.72. The Kier molecular flexibility index (Phi) is 284. The minimum absolute atomic E-state index is 0. The quantitative estimate of drug-likeness (QED) is 0.339. The Morgan fingerprint density at radius 1 is 0.895 bits per heavy atom. The van der Waals surface area contributed by atoms with Crippen LogP contribution in [0.3, 0.4) is 0 Å². The van der Waals surface area contributed by atoms with Crippen LogP contribution < -0.4 is 5.32 Å². The second-order valence-corrected chi connectivity index (χ2v) is 1.73. The van der Waals surface area contributed by atoms with Gasteiger partial charge in [0, 0.05) is 327 Å². The molecule has 19 heavy (non-hydrogen) atoms. The number of nitrogens with one attached hydrogen (secondary N) is 2. The van der Waals surface area contributed by atoms with Crippen molar-refractivity contribution >= 4 is 0 Å². The third kappa shape index (κ3) is 81.3. The summed E-state index contributed by atoms with van der Waals surface area (Å²) in [6.45, 7) is 7.32. The first-order chi connectivity index (χ1) is 3.77. The summed E-state index contributed by atoms with van der Waals surface area (Å²) in [5.74, 6) is 0. The normalized spacial score (nSPS) is 5.84. The van der Waals surface area contributed by atoms with Crippen molar-refractivity contribution < 1.29 is 360 Å². The largest absolute Gasteiger partial charge is 3.00 e. The molecule has 10 radical (unpaired) electrons. The van der Waals surface area contributed by atoms with Crippen LogP contribution in [0, 0.1) is 13.5 Å². The van der Waals surface area contributed by atoms with E-state index in [2.05, 4.69) is 12.2 Å².